The molecule has 1 aromatic heterocycles. The Bertz CT molecular complexity index is 1630. The minimum atomic E-state index is -1.05. The van der Waals surface area contributed by atoms with E-state index in [2.05, 4.69) is 38.0 Å². The summed E-state index contributed by atoms with van der Waals surface area (Å²) in [7, 11) is 0. The van der Waals surface area contributed by atoms with Crippen LogP contribution in [0.25, 0.3) is 16.8 Å². The first-order valence-electron chi connectivity index (χ1n) is 15.7. The van der Waals surface area contributed by atoms with E-state index in [0.717, 1.165) is 53.6 Å². The number of unbranched alkanes of at least 4 members (excludes halogenated alkanes) is 2. The molecule has 0 saturated heterocycles. The summed E-state index contributed by atoms with van der Waals surface area (Å²) in [5.41, 5.74) is 6.80. The van der Waals surface area contributed by atoms with E-state index in [0.29, 0.717) is 43.0 Å². The highest BCUT2D eigenvalue weighted by molar-refractivity contribution is 5.92. The molecular formula is C37H42N4O3. The molecule has 1 aliphatic heterocycles. The molecule has 1 aliphatic rings. The average molecular weight is 591 g/mol. The van der Waals surface area contributed by atoms with Crippen molar-refractivity contribution >= 4 is 5.91 Å². The third kappa shape index (κ3) is 6.72. The monoisotopic (exact) mass is 590 g/mol. The number of carbonyl (C=O) groups is 1. The molecule has 0 saturated carbocycles. The second-order valence-electron chi connectivity index (χ2n) is 11.5. The van der Waals surface area contributed by atoms with E-state index >= 15 is 0 Å². The van der Waals surface area contributed by atoms with Gasteiger partial charge in [0.15, 0.2) is 5.69 Å². The summed E-state index contributed by atoms with van der Waals surface area (Å²) in [5, 5.41) is 26.5. The second-order valence-corrected chi connectivity index (χ2v) is 11.5. The van der Waals surface area contributed by atoms with Crippen molar-refractivity contribution < 1.29 is 15.0 Å². The average Bonchev–Trinajstić information content (AvgIpc) is 3.45. The summed E-state index contributed by atoms with van der Waals surface area (Å²) in [5.74, 6) is 2.84. The number of rotatable bonds is 11. The van der Waals surface area contributed by atoms with Crippen molar-refractivity contribution in [3.63, 3.8) is 0 Å². The zero-order chi connectivity index (χ0) is 31.1. The number of fused-ring (bicyclic) bond motifs is 1. The van der Waals surface area contributed by atoms with Gasteiger partial charge >= 0.3 is 0 Å². The Balaban J connectivity index is 1.57. The molecular weight excluding hydrogens is 548 g/mol. The van der Waals surface area contributed by atoms with Gasteiger partial charge in [-0.2, -0.15) is 5.10 Å². The van der Waals surface area contributed by atoms with E-state index in [9.17, 15) is 15.0 Å². The first kappa shape index (κ1) is 31.1. The van der Waals surface area contributed by atoms with E-state index in [1.165, 1.54) is 0 Å². The van der Waals surface area contributed by atoms with Gasteiger partial charge in [0.1, 0.15) is 12.3 Å². The molecule has 44 heavy (non-hydrogen) atoms. The van der Waals surface area contributed by atoms with Crippen molar-refractivity contribution in [2.45, 2.75) is 71.7 Å². The van der Waals surface area contributed by atoms with Gasteiger partial charge in [0.25, 0.3) is 5.91 Å². The summed E-state index contributed by atoms with van der Waals surface area (Å²) in [6, 6.07) is 25.6. The molecule has 0 fully saturated rings. The highest BCUT2D eigenvalue weighted by Crippen LogP contribution is 2.35. The number of aromatic nitrogens is 2. The number of amides is 1. The van der Waals surface area contributed by atoms with Crippen molar-refractivity contribution in [2.75, 3.05) is 13.1 Å². The van der Waals surface area contributed by atoms with Crippen LogP contribution in [0.1, 0.15) is 78.6 Å². The Labute approximate surface area is 260 Å². The van der Waals surface area contributed by atoms with Gasteiger partial charge in [-0.15, -0.1) is 0 Å². The van der Waals surface area contributed by atoms with Crippen molar-refractivity contribution in [2.24, 2.45) is 0 Å². The molecule has 5 rings (SSSR count). The Kier molecular flexibility index (Phi) is 10.2. The maximum absolute atomic E-state index is 13.6. The van der Waals surface area contributed by atoms with E-state index in [1.54, 1.807) is 4.68 Å². The van der Waals surface area contributed by atoms with Gasteiger partial charge in [0, 0.05) is 30.9 Å². The van der Waals surface area contributed by atoms with Crippen LogP contribution >= 0.6 is 0 Å². The number of hydrogen-bond donors (Lipinski definition) is 2. The smallest absolute Gasteiger partial charge is 0.274 e. The Hall–Kier alpha value is -4.38. The maximum Gasteiger partial charge on any atom is 0.274 e. The molecule has 1 amide bonds. The molecule has 0 spiro atoms. The summed E-state index contributed by atoms with van der Waals surface area (Å²) in [4.78, 5) is 17.5. The number of aliphatic hydroxyl groups is 2. The van der Waals surface area contributed by atoms with Crippen LogP contribution in [0.2, 0.25) is 0 Å². The Morgan fingerprint density at radius 3 is 2.32 bits per heavy atom. The van der Waals surface area contributed by atoms with E-state index in [-0.39, 0.29) is 11.9 Å². The summed E-state index contributed by atoms with van der Waals surface area (Å²) in [6.45, 7) is 8.08. The van der Waals surface area contributed by atoms with E-state index < -0.39 is 6.23 Å². The quantitative estimate of drug-likeness (QED) is 0.191. The van der Waals surface area contributed by atoms with Gasteiger partial charge in [-0.05, 0) is 72.6 Å². The minimum absolute atomic E-state index is 0.0670. The molecule has 3 aromatic carbocycles. The maximum atomic E-state index is 13.6. The van der Waals surface area contributed by atoms with Crippen LogP contribution in [0.4, 0.5) is 0 Å². The van der Waals surface area contributed by atoms with Gasteiger partial charge in [0.05, 0.1) is 11.7 Å². The number of carbonyl (C=O) groups excluding carboxylic acids is 1. The Morgan fingerprint density at radius 1 is 0.955 bits per heavy atom. The van der Waals surface area contributed by atoms with Gasteiger partial charge in [0.2, 0.25) is 0 Å². The van der Waals surface area contributed by atoms with Crippen LogP contribution < -0.4 is 0 Å². The van der Waals surface area contributed by atoms with E-state index in [4.69, 9.17) is 5.10 Å². The van der Waals surface area contributed by atoms with Gasteiger partial charge in [-0.3, -0.25) is 9.69 Å². The zero-order valence-electron chi connectivity index (χ0n) is 25.9. The fraction of sp³-hybridized carbons (Fsp3) is 0.351. The molecule has 0 bridgehead atoms. The zero-order valence-corrected chi connectivity index (χ0v) is 25.9. The topological polar surface area (TPSA) is 81.8 Å². The van der Waals surface area contributed by atoms with E-state index in [1.807, 2.05) is 83.5 Å². The first-order chi connectivity index (χ1) is 21.4. The largest absolute Gasteiger partial charge is 0.462 e. The lowest BCUT2D eigenvalue weighted by atomic mass is 9.92. The van der Waals surface area contributed by atoms with Crippen LogP contribution in [0.15, 0.2) is 78.9 Å². The lowest BCUT2D eigenvalue weighted by Crippen LogP contribution is -2.42. The molecule has 2 unspecified atom stereocenters. The molecule has 7 nitrogen and oxygen atoms in total. The molecule has 2 heterocycles. The van der Waals surface area contributed by atoms with Crippen molar-refractivity contribution in [3.8, 4) is 28.8 Å². The number of nitrogens with zero attached hydrogens (tertiary/aromatic N) is 4. The number of aryl methyl sites for hydroxylation is 1. The molecule has 2 atom stereocenters. The van der Waals surface area contributed by atoms with Gasteiger partial charge < -0.3 is 15.1 Å². The van der Waals surface area contributed by atoms with Crippen LogP contribution in [0, 0.1) is 19.0 Å². The standard InChI is InChI=1S/C37H42N4O3/c1-4-6-20-39(21-7-5-2)37(44)34-23-27(3)41(38-34)35-18-17-30(28-13-9-8-10-14-28)25-33(35)36(43)40-26-31-16-12-11-15-29(31)24-32(40)19-22-42/h8-18,23,25,32,36,42-43H,4-7,20-21,24,26H2,1-3H3. The second kappa shape index (κ2) is 14.4. The fourth-order valence-corrected chi connectivity index (χ4v) is 5.95. The van der Waals surface area contributed by atoms with Crippen molar-refractivity contribution in [1.29, 1.82) is 0 Å². The predicted octanol–water partition coefficient (Wildman–Crippen LogP) is 6.64. The third-order valence-corrected chi connectivity index (χ3v) is 8.43. The molecule has 0 aliphatic carbocycles. The Morgan fingerprint density at radius 2 is 1.64 bits per heavy atom. The summed E-state index contributed by atoms with van der Waals surface area (Å²) >= 11 is 0. The number of hydrogen-bond acceptors (Lipinski definition) is 5. The predicted molar refractivity (Wildman–Crippen MR) is 174 cm³/mol. The molecule has 7 heteroatoms. The molecule has 2 N–H and O–H groups in total. The SMILES string of the molecule is CCCCN(CCCC)C(=O)c1cc(C)n(-c2ccc(-c3ccccc3)cc2C(O)N2Cc3ccccc3CC2C#CO)n1. The molecule has 0 radical (unpaired) electrons. The van der Waals surface area contributed by atoms with Crippen molar-refractivity contribution in [1.82, 2.24) is 19.6 Å². The lowest BCUT2D eigenvalue weighted by molar-refractivity contribution is -0.0248. The number of aliphatic hydroxyl groups excluding tert-OH is 2. The van der Waals surface area contributed by atoms with Crippen LogP contribution in [0.5, 0.6) is 0 Å². The molecule has 4 aromatic rings. The number of benzene rings is 3. The van der Waals surface area contributed by atoms with Gasteiger partial charge in [-0.25, -0.2) is 4.68 Å². The summed E-state index contributed by atoms with van der Waals surface area (Å²) < 4.78 is 1.77. The highest BCUT2D eigenvalue weighted by Gasteiger charge is 2.33. The van der Waals surface area contributed by atoms with Crippen LogP contribution in [-0.2, 0) is 13.0 Å². The highest BCUT2D eigenvalue weighted by atomic mass is 16.3. The van der Waals surface area contributed by atoms with Crippen molar-refractivity contribution in [3.05, 3.63) is 107 Å². The van der Waals surface area contributed by atoms with Crippen LogP contribution in [0.3, 0.4) is 0 Å². The molecule has 228 valence electrons. The fourth-order valence-electron chi connectivity index (χ4n) is 5.95. The van der Waals surface area contributed by atoms with Crippen LogP contribution in [-0.4, -0.2) is 54.8 Å². The minimum Gasteiger partial charge on any atom is -0.462 e. The van der Waals surface area contributed by atoms with Gasteiger partial charge in [-0.1, -0.05) is 87.4 Å². The first-order valence-corrected chi connectivity index (χ1v) is 15.7. The summed E-state index contributed by atoms with van der Waals surface area (Å²) in [6.07, 6.45) is 5.54. The third-order valence-electron chi connectivity index (χ3n) is 8.43. The normalized spacial score (nSPS) is 15.2. The lowest BCUT2D eigenvalue weighted by Gasteiger charge is -2.38.